The molecule has 0 atom stereocenters. The van der Waals surface area contributed by atoms with Gasteiger partial charge in [-0.3, -0.25) is 5.43 Å². The standard InChI is InChI=1S/C11H16N8/c1-18(2)10-13-9(16-12)14-11(15-10)19-6-5-8(17-19)7-3-4-7/h5-7H,3-4,12H2,1-2H3,(H,13,14,15,16). The summed E-state index contributed by atoms with van der Waals surface area (Å²) in [4.78, 5) is 14.5. The van der Waals surface area contributed by atoms with Gasteiger partial charge in [-0.25, -0.2) is 10.5 Å². The molecule has 0 bridgehead atoms. The third-order valence-corrected chi connectivity index (χ3v) is 2.95. The number of nitrogens with two attached hydrogens (primary N) is 1. The van der Waals surface area contributed by atoms with Crippen LogP contribution in [0.2, 0.25) is 0 Å². The molecule has 0 spiro atoms. The molecule has 1 saturated carbocycles. The predicted octanol–water partition coefficient (Wildman–Crippen LogP) is 0.286. The smallest absolute Gasteiger partial charge is 0.257 e. The van der Waals surface area contributed by atoms with Crippen LogP contribution in [0.15, 0.2) is 12.3 Å². The first kappa shape index (κ1) is 11.8. The molecule has 0 radical (unpaired) electrons. The van der Waals surface area contributed by atoms with Gasteiger partial charge in [-0.2, -0.15) is 20.1 Å². The van der Waals surface area contributed by atoms with Crippen molar-refractivity contribution in [1.29, 1.82) is 0 Å². The maximum Gasteiger partial charge on any atom is 0.257 e. The molecule has 0 amide bonds. The van der Waals surface area contributed by atoms with E-state index < -0.39 is 0 Å². The first-order valence-corrected chi connectivity index (χ1v) is 6.13. The number of hydrazine groups is 1. The van der Waals surface area contributed by atoms with Gasteiger partial charge in [-0.1, -0.05) is 0 Å². The van der Waals surface area contributed by atoms with Crippen LogP contribution < -0.4 is 16.2 Å². The quantitative estimate of drug-likeness (QED) is 0.602. The minimum absolute atomic E-state index is 0.317. The fourth-order valence-electron chi connectivity index (χ4n) is 1.77. The summed E-state index contributed by atoms with van der Waals surface area (Å²) in [6.07, 6.45) is 4.29. The highest BCUT2D eigenvalue weighted by Gasteiger charge is 2.26. The maximum absolute atomic E-state index is 5.38. The number of aromatic nitrogens is 5. The SMILES string of the molecule is CN(C)c1nc(NN)nc(-n2ccc(C3CC3)n2)n1. The molecule has 2 aromatic heterocycles. The van der Waals surface area contributed by atoms with Crippen LogP contribution in [0.1, 0.15) is 24.5 Å². The fourth-order valence-corrected chi connectivity index (χ4v) is 1.77. The first-order chi connectivity index (χ1) is 9.17. The lowest BCUT2D eigenvalue weighted by Crippen LogP contribution is -2.19. The van der Waals surface area contributed by atoms with Gasteiger partial charge >= 0.3 is 0 Å². The van der Waals surface area contributed by atoms with E-state index in [4.69, 9.17) is 5.84 Å². The van der Waals surface area contributed by atoms with E-state index in [0.29, 0.717) is 23.8 Å². The highest BCUT2D eigenvalue weighted by Crippen LogP contribution is 2.38. The summed E-state index contributed by atoms with van der Waals surface area (Å²) in [5.41, 5.74) is 3.54. The second-order valence-corrected chi connectivity index (χ2v) is 4.76. The molecule has 3 N–H and O–H groups in total. The lowest BCUT2D eigenvalue weighted by Gasteiger charge is -2.12. The average Bonchev–Trinajstić information content (AvgIpc) is 3.15. The molecule has 1 aliphatic carbocycles. The van der Waals surface area contributed by atoms with Crippen molar-refractivity contribution in [3.05, 3.63) is 18.0 Å². The summed E-state index contributed by atoms with van der Waals surface area (Å²) in [7, 11) is 3.72. The van der Waals surface area contributed by atoms with Gasteiger partial charge in [-0.15, -0.1) is 0 Å². The molecule has 2 aromatic rings. The maximum atomic E-state index is 5.38. The molecule has 1 aliphatic rings. The second-order valence-electron chi connectivity index (χ2n) is 4.76. The second kappa shape index (κ2) is 4.47. The highest BCUT2D eigenvalue weighted by atomic mass is 15.4. The Labute approximate surface area is 110 Å². The summed E-state index contributed by atoms with van der Waals surface area (Å²) in [5, 5.41) is 4.50. The van der Waals surface area contributed by atoms with Gasteiger partial charge in [0.2, 0.25) is 11.9 Å². The first-order valence-electron chi connectivity index (χ1n) is 6.13. The van der Waals surface area contributed by atoms with Gasteiger partial charge in [0.25, 0.3) is 5.95 Å². The zero-order chi connectivity index (χ0) is 13.4. The molecular formula is C11H16N8. The van der Waals surface area contributed by atoms with Crippen molar-refractivity contribution in [2.75, 3.05) is 24.4 Å². The van der Waals surface area contributed by atoms with Crippen LogP contribution in [0.25, 0.3) is 5.95 Å². The van der Waals surface area contributed by atoms with Gasteiger partial charge in [0, 0.05) is 26.2 Å². The Morgan fingerprint density at radius 1 is 1.32 bits per heavy atom. The molecule has 0 saturated heterocycles. The fraction of sp³-hybridized carbons (Fsp3) is 0.455. The molecule has 0 aliphatic heterocycles. The Bertz CT molecular complexity index is 586. The van der Waals surface area contributed by atoms with Crippen LogP contribution in [0, 0.1) is 0 Å². The van der Waals surface area contributed by atoms with Gasteiger partial charge in [0.15, 0.2) is 0 Å². The molecule has 100 valence electrons. The number of hydrogen-bond donors (Lipinski definition) is 2. The lowest BCUT2D eigenvalue weighted by atomic mass is 10.3. The van der Waals surface area contributed by atoms with Crippen LogP contribution in [0.4, 0.5) is 11.9 Å². The molecule has 8 nitrogen and oxygen atoms in total. The van der Waals surface area contributed by atoms with Crippen LogP contribution >= 0.6 is 0 Å². The van der Waals surface area contributed by atoms with Gasteiger partial charge < -0.3 is 4.90 Å². The van der Waals surface area contributed by atoms with E-state index in [1.807, 2.05) is 26.4 Å². The largest absolute Gasteiger partial charge is 0.347 e. The molecule has 19 heavy (non-hydrogen) atoms. The average molecular weight is 260 g/mol. The Morgan fingerprint density at radius 2 is 2.11 bits per heavy atom. The predicted molar refractivity (Wildman–Crippen MR) is 71.1 cm³/mol. The van der Waals surface area contributed by atoms with Crippen molar-refractivity contribution < 1.29 is 0 Å². The zero-order valence-corrected chi connectivity index (χ0v) is 10.9. The number of rotatable bonds is 4. The van der Waals surface area contributed by atoms with E-state index in [1.54, 1.807) is 9.58 Å². The van der Waals surface area contributed by atoms with Gasteiger partial charge in [-0.05, 0) is 18.9 Å². The van der Waals surface area contributed by atoms with Crippen molar-refractivity contribution in [2.45, 2.75) is 18.8 Å². The lowest BCUT2D eigenvalue weighted by molar-refractivity contribution is 0.769. The van der Waals surface area contributed by atoms with Gasteiger partial charge in [0.05, 0.1) is 5.69 Å². The van der Waals surface area contributed by atoms with E-state index in [2.05, 4.69) is 25.5 Å². The molecule has 1 fully saturated rings. The minimum atomic E-state index is 0.317. The van der Waals surface area contributed by atoms with Crippen molar-refractivity contribution in [3.63, 3.8) is 0 Å². The summed E-state index contributed by atoms with van der Waals surface area (Å²) < 4.78 is 1.66. The topological polar surface area (TPSA) is 97.8 Å². The summed E-state index contributed by atoms with van der Waals surface area (Å²) in [5.74, 6) is 7.28. The Kier molecular flexibility index (Phi) is 2.79. The van der Waals surface area contributed by atoms with E-state index in [1.165, 1.54) is 12.8 Å². The van der Waals surface area contributed by atoms with Crippen LogP contribution in [-0.4, -0.2) is 38.8 Å². The van der Waals surface area contributed by atoms with Crippen LogP contribution in [-0.2, 0) is 0 Å². The third-order valence-electron chi connectivity index (χ3n) is 2.95. The molecule has 8 heteroatoms. The Morgan fingerprint density at radius 3 is 2.74 bits per heavy atom. The molecule has 0 aromatic carbocycles. The van der Waals surface area contributed by atoms with Crippen molar-refractivity contribution >= 4 is 11.9 Å². The van der Waals surface area contributed by atoms with E-state index in [0.717, 1.165) is 5.69 Å². The summed E-state index contributed by atoms with van der Waals surface area (Å²) in [6.45, 7) is 0. The Hall–Kier alpha value is -2.22. The van der Waals surface area contributed by atoms with E-state index in [9.17, 15) is 0 Å². The number of nitrogens with zero attached hydrogens (tertiary/aromatic N) is 6. The number of hydrogen-bond acceptors (Lipinski definition) is 7. The molecule has 2 heterocycles. The van der Waals surface area contributed by atoms with E-state index >= 15 is 0 Å². The summed E-state index contributed by atoms with van der Waals surface area (Å²) >= 11 is 0. The van der Waals surface area contributed by atoms with Crippen LogP contribution in [0.5, 0.6) is 0 Å². The minimum Gasteiger partial charge on any atom is -0.347 e. The Balaban J connectivity index is 1.99. The zero-order valence-electron chi connectivity index (χ0n) is 10.9. The van der Waals surface area contributed by atoms with E-state index in [-0.39, 0.29) is 0 Å². The van der Waals surface area contributed by atoms with Crippen molar-refractivity contribution in [3.8, 4) is 5.95 Å². The third kappa shape index (κ3) is 2.34. The summed E-state index contributed by atoms with van der Waals surface area (Å²) in [6, 6.07) is 2.01. The number of nitrogens with one attached hydrogen (secondary N) is 1. The normalized spacial score (nSPS) is 14.5. The van der Waals surface area contributed by atoms with Crippen LogP contribution in [0.3, 0.4) is 0 Å². The van der Waals surface area contributed by atoms with Crippen molar-refractivity contribution in [1.82, 2.24) is 24.7 Å². The monoisotopic (exact) mass is 260 g/mol. The van der Waals surface area contributed by atoms with Crippen molar-refractivity contribution in [2.24, 2.45) is 5.84 Å². The van der Waals surface area contributed by atoms with Gasteiger partial charge in [0.1, 0.15) is 0 Å². The number of anilines is 2. The molecular weight excluding hydrogens is 244 g/mol. The highest BCUT2D eigenvalue weighted by molar-refractivity contribution is 5.38. The number of nitrogen functional groups attached to an aromatic ring is 1. The molecule has 0 unspecified atom stereocenters. The molecule has 3 rings (SSSR count).